The van der Waals surface area contributed by atoms with Crippen molar-refractivity contribution in [1.29, 1.82) is 5.26 Å². The van der Waals surface area contributed by atoms with E-state index >= 15 is 0 Å². The number of nitriles is 1. The maximum atomic E-state index is 12.6. The number of hydrogen-bond acceptors (Lipinski definition) is 3. The van der Waals surface area contributed by atoms with E-state index in [1.165, 1.54) is 0 Å². The van der Waals surface area contributed by atoms with Crippen molar-refractivity contribution in [3.05, 3.63) is 0 Å². The van der Waals surface area contributed by atoms with Gasteiger partial charge in [-0.25, -0.2) is 8.42 Å². The van der Waals surface area contributed by atoms with Gasteiger partial charge in [0.05, 0.1) is 22.5 Å². The van der Waals surface area contributed by atoms with Gasteiger partial charge in [0.15, 0.2) is 9.84 Å². The van der Waals surface area contributed by atoms with Crippen molar-refractivity contribution in [2.45, 2.75) is 62.4 Å². The highest BCUT2D eigenvalue weighted by Crippen LogP contribution is 2.37. The Balaban J connectivity index is 2.20. The molecule has 2 rings (SSSR count). The van der Waals surface area contributed by atoms with Crippen LogP contribution < -0.4 is 0 Å². The predicted octanol–water partition coefficient (Wildman–Crippen LogP) is 2.67. The minimum Gasteiger partial charge on any atom is -0.228 e. The molecular weight excluding hydrogens is 234 g/mol. The van der Waals surface area contributed by atoms with Crippen LogP contribution >= 0.6 is 0 Å². The molecule has 0 saturated heterocycles. The van der Waals surface area contributed by atoms with Gasteiger partial charge in [0.2, 0.25) is 0 Å². The van der Waals surface area contributed by atoms with Crippen LogP contribution in [0.5, 0.6) is 0 Å². The van der Waals surface area contributed by atoms with E-state index in [2.05, 4.69) is 13.0 Å². The van der Waals surface area contributed by atoms with E-state index in [4.69, 9.17) is 5.26 Å². The summed E-state index contributed by atoms with van der Waals surface area (Å²) < 4.78 is 25.1. The molecule has 0 aromatic carbocycles. The number of sulfone groups is 1. The normalized spacial score (nSPS) is 35.6. The van der Waals surface area contributed by atoms with Crippen molar-refractivity contribution in [2.24, 2.45) is 11.8 Å². The molecule has 2 aliphatic rings. The SMILES string of the molecule is CC1CCC(C#N)C(S(=O)(=O)C2CCCC2)C1. The van der Waals surface area contributed by atoms with Crippen LogP contribution in [0.1, 0.15) is 51.9 Å². The first kappa shape index (κ1) is 12.9. The molecule has 2 aliphatic carbocycles. The molecule has 0 amide bonds. The Kier molecular flexibility index (Phi) is 3.77. The fraction of sp³-hybridized carbons (Fsp3) is 0.923. The standard InChI is InChI=1S/C13H21NO2S/c1-10-6-7-11(9-14)13(8-10)17(15,16)12-4-2-3-5-12/h10-13H,2-8H2,1H3. The van der Waals surface area contributed by atoms with E-state index in [0.29, 0.717) is 12.3 Å². The van der Waals surface area contributed by atoms with Gasteiger partial charge in [-0.2, -0.15) is 5.26 Å². The second kappa shape index (κ2) is 4.97. The average molecular weight is 255 g/mol. The Hall–Kier alpha value is -0.560. The van der Waals surface area contributed by atoms with Crippen molar-refractivity contribution in [2.75, 3.05) is 0 Å². The molecule has 0 aromatic heterocycles. The third kappa shape index (κ3) is 2.49. The smallest absolute Gasteiger partial charge is 0.157 e. The Morgan fingerprint density at radius 1 is 1.12 bits per heavy atom. The van der Waals surface area contributed by atoms with E-state index in [-0.39, 0.29) is 16.4 Å². The average Bonchev–Trinajstić information content (AvgIpc) is 2.83. The fourth-order valence-corrected chi connectivity index (χ4v) is 6.04. The van der Waals surface area contributed by atoms with Crippen LogP contribution in [0, 0.1) is 23.2 Å². The minimum atomic E-state index is -3.08. The van der Waals surface area contributed by atoms with Crippen molar-refractivity contribution < 1.29 is 8.42 Å². The molecular formula is C13H21NO2S. The van der Waals surface area contributed by atoms with Gasteiger partial charge in [-0.15, -0.1) is 0 Å². The molecule has 0 aliphatic heterocycles. The lowest BCUT2D eigenvalue weighted by Crippen LogP contribution is -2.39. The Bertz CT molecular complexity index is 404. The molecule has 4 heteroatoms. The maximum Gasteiger partial charge on any atom is 0.157 e. The van der Waals surface area contributed by atoms with Crippen molar-refractivity contribution in [1.82, 2.24) is 0 Å². The first-order valence-corrected chi connectivity index (χ1v) is 8.29. The molecule has 2 fully saturated rings. The van der Waals surface area contributed by atoms with Crippen molar-refractivity contribution >= 4 is 9.84 Å². The molecule has 17 heavy (non-hydrogen) atoms. The summed E-state index contributed by atoms with van der Waals surface area (Å²) in [4.78, 5) is 0. The highest BCUT2D eigenvalue weighted by molar-refractivity contribution is 7.92. The van der Waals surface area contributed by atoms with Gasteiger partial charge < -0.3 is 0 Å². The summed E-state index contributed by atoms with van der Waals surface area (Å²) in [7, 11) is -3.08. The predicted molar refractivity (Wildman–Crippen MR) is 67.1 cm³/mol. The topological polar surface area (TPSA) is 57.9 Å². The second-order valence-electron chi connectivity index (χ2n) is 5.69. The Morgan fingerprint density at radius 2 is 1.76 bits per heavy atom. The largest absolute Gasteiger partial charge is 0.228 e. The maximum absolute atomic E-state index is 12.6. The molecule has 96 valence electrons. The number of hydrogen-bond donors (Lipinski definition) is 0. The highest BCUT2D eigenvalue weighted by atomic mass is 32.2. The molecule has 0 bridgehead atoms. The minimum absolute atomic E-state index is 0.159. The third-order valence-corrected chi connectivity index (χ3v) is 7.17. The summed E-state index contributed by atoms with van der Waals surface area (Å²) >= 11 is 0. The van der Waals surface area contributed by atoms with Gasteiger partial charge in [-0.1, -0.05) is 19.8 Å². The zero-order valence-corrected chi connectivity index (χ0v) is 11.2. The van der Waals surface area contributed by atoms with E-state index in [1.54, 1.807) is 0 Å². The molecule has 0 spiro atoms. The molecule has 3 nitrogen and oxygen atoms in total. The summed E-state index contributed by atoms with van der Waals surface area (Å²) in [6.45, 7) is 2.10. The molecule has 0 radical (unpaired) electrons. The van der Waals surface area contributed by atoms with Crippen LogP contribution in [0.15, 0.2) is 0 Å². The van der Waals surface area contributed by atoms with Crippen molar-refractivity contribution in [3.8, 4) is 6.07 Å². The molecule has 3 unspecified atom stereocenters. The molecule has 0 aromatic rings. The number of rotatable bonds is 2. The third-order valence-electron chi connectivity index (χ3n) is 4.41. The van der Waals surface area contributed by atoms with Crippen LogP contribution in [0.25, 0.3) is 0 Å². The molecule has 0 N–H and O–H groups in total. The van der Waals surface area contributed by atoms with Crippen molar-refractivity contribution in [3.63, 3.8) is 0 Å². The summed E-state index contributed by atoms with van der Waals surface area (Å²) in [5.74, 6) is 0.178. The second-order valence-corrected chi connectivity index (χ2v) is 8.14. The molecule has 2 saturated carbocycles. The lowest BCUT2D eigenvalue weighted by Gasteiger charge is -2.32. The van der Waals surface area contributed by atoms with Crippen LogP contribution in [-0.4, -0.2) is 18.9 Å². The van der Waals surface area contributed by atoms with E-state index in [1.807, 2.05) is 0 Å². The summed E-state index contributed by atoms with van der Waals surface area (Å²) in [6, 6.07) is 2.22. The Morgan fingerprint density at radius 3 is 2.35 bits per heavy atom. The summed E-state index contributed by atoms with van der Waals surface area (Å²) in [5, 5.41) is 8.59. The van der Waals surface area contributed by atoms with Gasteiger partial charge in [0, 0.05) is 0 Å². The lowest BCUT2D eigenvalue weighted by molar-refractivity contribution is 0.333. The molecule has 0 heterocycles. The van der Waals surface area contributed by atoms with Gasteiger partial charge >= 0.3 is 0 Å². The zero-order valence-electron chi connectivity index (χ0n) is 10.4. The quantitative estimate of drug-likeness (QED) is 0.762. The monoisotopic (exact) mass is 255 g/mol. The van der Waals surface area contributed by atoms with E-state index < -0.39 is 9.84 Å². The van der Waals surface area contributed by atoms with E-state index in [9.17, 15) is 8.42 Å². The summed E-state index contributed by atoms with van der Waals surface area (Å²) in [6.07, 6.45) is 6.13. The fourth-order valence-electron chi connectivity index (χ4n) is 3.30. The number of nitrogens with zero attached hydrogens (tertiary/aromatic N) is 1. The van der Waals surface area contributed by atoms with E-state index in [0.717, 1.165) is 38.5 Å². The zero-order chi connectivity index (χ0) is 12.5. The van der Waals surface area contributed by atoms with Gasteiger partial charge in [-0.05, 0) is 38.0 Å². The first-order valence-electron chi connectivity index (χ1n) is 6.68. The van der Waals surface area contributed by atoms with Crippen LogP contribution in [0.2, 0.25) is 0 Å². The lowest BCUT2D eigenvalue weighted by atomic mass is 9.83. The highest BCUT2D eigenvalue weighted by Gasteiger charge is 2.42. The van der Waals surface area contributed by atoms with Crippen LogP contribution in [0.4, 0.5) is 0 Å². The van der Waals surface area contributed by atoms with Gasteiger partial charge in [0.25, 0.3) is 0 Å². The van der Waals surface area contributed by atoms with Crippen LogP contribution in [0.3, 0.4) is 0 Å². The summed E-state index contributed by atoms with van der Waals surface area (Å²) in [5.41, 5.74) is 0. The first-order chi connectivity index (χ1) is 8.05. The van der Waals surface area contributed by atoms with Crippen LogP contribution in [-0.2, 0) is 9.84 Å². The van der Waals surface area contributed by atoms with Gasteiger partial charge in [0.1, 0.15) is 0 Å². The van der Waals surface area contributed by atoms with Gasteiger partial charge in [-0.3, -0.25) is 0 Å². The molecule has 3 atom stereocenters. The Labute approximate surface area is 104 Å².